The van der Waals surface area contributed by atoms with Crippen LogP contribution >= 0.6 is 12.2 Å². The largest absolute Gasteiger partial charge is 0.338 e. The molecule has 2 fully saturated rings. The van der Waals surface area contributed by atoms with Crippen molar-refractivity contribution in [3.05, 3.63) is 41.7 Å². The molecule has 0 saturated carbocycles. The first kappa shape index (κ1) is 19.6. The summed E-state index contributed by atoms with van der Waals surface area (Å²) in [5.74, 6) is 0.0275. The van der Waals surface area contributed by atoms with Crippen LogP contribution in [0.3, 0.4) is 0 Å². The second kappa shape index (κ2) is 7.63. The van der Waals surface area contributed by atoms with E-state index in [2.05, 4.69) is 6.92 Å². The van der Waals surface area contributed by atoms with Gasteiger partial charge in [-0.3, -0.25) is 14.5 Å². The first-order chi connectivity index (χ1) is 13.9. The van der Waals surface area contributed by atoms with Crippen LogP contribution in [-0.4, -0.2) is 62.9 Å². The van der Waals surface area contributed by atoms with E-state index in [4.69, 9.17) is 12.2 Å². The Balaban J connectivity index is 1.69. The van der Waals surface area contributed by atoms with Gasteiger partial charge in [0.05, 0.1) is 0 Å². The summed E-state index contributed by atoms with van der Waals surface area (Å²) in [7, 11) is 3.49. The lowest BCUT2D eigenvalue weighted by Crippen LogP contribution is -2.43. The minimum absolute atomic E-state index is 0.118. The molecule has 2 aromatic rings. The minimum atomic E-state index is -0.118. The van der Waals surface area contributed by atoms with Gasteiger partial charge in [-0.2, -0.15) is 0 Å². The average molecular weight is 411 g/mol. The number of carbonyl (C=O) groups excluding carboxylic acids is 2. The van der Waals surface area contributed by atoms with Crippen molar-refractivity contribution in [3.8, 4) is 0 Å². The number of thiocarbonyl (C=S) groups is 1. The fraction of sp³-hybridized carbons (Fsp3) is 0.409. The second-order valence-corrected chi connectivity index (χ2v) is 8.26. The molecule has 1 unspecified atom stereocenters. The first-order valence-electron chi connectivity index (χ1n) is 10.0. The van der Waals surface area contributed by atoms with Crippen molar-refractivity contribution in [1.29, 1.82) is 0 Å². The molecular weight excluding hydrogens is 384 g/mol. The van der Waals surface area contributed by atoms with Gasteiger partial charge in [-0.25, -0.2) is 0 Å². The Labute approximate surface area is 176 Å². The van der Waals surface area contributed by atoms with Crippen LogP contribution in [-0.2, 0) is 16.1 Å². The minimum Gasteiger partial charge on any atom is -0.338 e. The van der Waals surface area contributed by atoms with Crippen molar-refractivity contribution in [2.24, 2.45) is 0 Å². The first-order valence-corrected chi connectivity index (χ1v) is 10.4. The maximum atomic E-state index is 13.0. The van der Waals surface area contributed by atoms with Gasteiger partial charge in [0.1, 0.15) is 12.2 Å². The normalized spacial score (nSPS) is 21.7. The summed E-state index contributed by atoms with van der Waals surface area (Å²) in [6.45, 7) is 3.26. The van der Waals surface area contributed by atoms with E-state index >= 15 is 0 Å². The number of para-hydroxylation sites is 1. The molecule has 1 aromatic carbocycles. The number of hydrogen-bond donors (Lipinski definition) is 0. The maximum absolute atomic E-state index is 13.0. The van der Waals surface area contributed by atoms with Crippen LogP contribution in [0.15, 0.2) is 36.2 Å². The van der Waals surface area contributed by atoms with Crippen molar-refractivity contribution >= 4 is 46.1 Å². The van der Waals surface area contributed by atoms with Crippen LogP contribution in [0, 0.1) is 0 Å². The summed E-state index contributed by atoms with van der Waals surface area (Å²) in [4.78, 5) is 30.7. The third-order valence-corrected chi connectivity index (χ3v) is 6.55. The quantitative estimate of drug-likeness (QED) is 0.576. The summed E-state index contributed by atoms with van der Waals surface area (Å²) in [6.07, 6.45) is 7.16. The smallest absolute Gasteiger partial charge is 0.276 e. The van der Waals surface area contributed by atoms with Gasteiger partial charge in [0.25, 0.3) is 5.91 Å². The molecule has 3 heterocycles. The van der Waals surface area contributed by atoms with Crippen molar-refractivity contribution in [2.75, 3.05) is 20.6 Å². The van der Waals surface area contributed by atoms with Gasteiger partial charge in [0, 0.05) is 49.3 Å². The zero-order valence-electron chi connectivity index (χ0n) is 17.1. The molecule has 0 N–H and O–H groups in total. The molecule has 2 aliphatic rings. The van der Waals surface area contributed by atoms with E-state index in [0.29, 0.717) is 23.4 Å². The Kier molecular flexibility index (Phi) is 5.17. The molecule has 1 atom stereocenters. The summed E-state index contributed by atoms with van der Waals surface area (Å²) in [6, 6.07) is 8.27. The molecule has 1 aromatic heterocycles. The Morgan fingerprint density at radius 1 is 1.21 bits per heavy atom. The van der Waals surface area contributed by atoms with Gasteiger partial charge < -0.3 is 14.4 Å². The van der Waals surface area contributed by atoms with E-state index < -0.39 is 0 Å². The summed E-state index contributed by atoms with van der Waals surface area (Å²) in [5.41, 5.74) is 2.44. The molecule has 6 nitrogen and oxygen atoms in total. The predicted molar refractivity (Wildman–Crippen MR) is 118 cm³/mol. The van der Waals surface area contributed by atoms with Crippen LogP contribution in [0.25, 0.3) is 17.0 Å². The van der Waals surface area contributed by atoms with Gasteiger partial charge in [0.2, 0.25) is 5.91 Å². The van der Waals surface area contributed by atoms with Gasteiger partial charge in [-0.1, -0.05) is 18.2 Å². The highest BCUT2D eigenvalue weighted by Gasteiger charge is 2.33. The SMILES string of the molecule is CC1CCCCN1C(=O)Cn1cc(/C=C2/C(=O)N(C)C(=S)N2C)c2ccccc21. The molecule has 0 radical (unpaired) electrons. The lowest BCUT2D eigenvalue weighted by Gasteiger charge is -2.33. The molecule has 0 bridgehead atoms. The average Bonchev–Trinajstić information content (AvgIpc) is 3.15. The molecule has 0 aliphatic carbocycles. The highest BCUT2D eigenvalue weighted by molar-refractivity contribution is 7.80. The standard InChI is InChI=1S/C22H26N4O2S/c1-15-8-6-7-11-26(15)20(27)14-25-13-16(17-9-4-5-10-18(17)25)12-19-21(28)24(3)22(29)23(19)2/h4-5,9-10,12-13,15H,6-8,11,14H2,1-3H3/b19-12-. The zero-order chi connectivity index (χ0) is 20.7. The summed E-state index contributed by atoms with van der Waals surface area (Å²) >= 11 is 5.31. The second-order valence-electron chi connectivity index (χ2n) is 7.90. The maximum Gasteiger partial charge on any atom is 0.276 e. The molecule has 2 aliphatic heterocycles. The van der Waals surface area contributed by atoms with Crippen LogP contribution in [0.4, 0.5) is 0 Å². The number of rotatable bonds is 3. The number of likely N-dealkylation sites (N-methyl/N-ethyl adjacent to an activating group) is 2. The highest BCUT2D eigenvalue weighted by Crippen LogP contribution is 2.27. The van der Waals surface area contributed by atoms with E-state index in [1.54, 1.807) is 19.0 Å². The fourth-order valence-corrected chi connectivity index (χ4v) is 4.44. The highest BCUT2D eigenvalue weighted by atomic mass is 32.1. The third kappa shape index (κ3) is 3.44. The zero-order valence-corrected chi connectivity index (χ0v) is 17.9. The summed E-state index contributed by atoms with van der Waals surface area (Å²) < 4.78 is 1.99. The fourth-order valence-electron chi connectivity index (χ4n) is 4.26. The molecule has 2 saturated heterocycles. The van der Waals surface area contributed by atoms with E-state index in [1.807, 2.05) is 46.0 Å². The number of hydrogen-bond acceptors (Lipinski definition) is 3. The van der Waals surface area contributed by atoms with Crippen LogP contribution in [0.1, 0.15) is 31.7 Å². The van der Waals surface area contributed by atoms with Crippen molar-refractivity contribution in [1.82, 2.24) is 19.3 Å². The monoisotopic (exact) mass is 410 g/mol. The molecule has 7 heteroatoms. The molecular formula is C22H26N4O2S. The number of amides is 2. The Morgan fingerprint density at radius 2 is 1.97 bits per heavy atom. The van der Waals surface area contributed by atoms with Crippen LogP contribution in [0.2, 0.25) is 0 Å². The van der Waals surface area contributed by atoms with Crippen molar-refractivity contribution in [2.45, 2.75) is 38.8 Å². The van der Waals surface area contributed by atoms with Gasteiger partial charge >= 0.3 is 0 Å². The Hall–Kier alpha value is -2.67. The Bertz CT molecular complexity index is 1020. The molecule has 0 spiro atoms. The van der Waals surface area contributed by atoms with Crippen LogP contribution in [0.5, 0.6) is 0 Å². The number of carbonyl (C=O) groups is 2. The lowest BCUT2D eigenvalue weighted by molar-refractivity contribution is -0.135. The molecule has 152 valence electrons. The third-order valence-electron chi connectivity index (χ3n) is 6.00. The number of nitrogens with zero attached hydrogens (tertiary/aromatic N) is 4. The van der Waals surface area contributed by atoms with Gasteiger partial charge in [-0.05, 0) is 50.5 Å². The summed E-state index contributed by atoms with van der Waals surface area (Å²) in [5, 5.41) is 1.50. The number of likely N-dealkylation sites (tertiary alicyclic amines) is 1. The van der Waals surface area contributed by atoms with E-state index in [1.165, 1.54) is 11.3 Å². The molecule has 2 amide bonds. The predicted octanol–water partition coefficient (Wildman–Crippen LogP) is 3.07. The molecule has 4 rings (SSSR count). The van der Waals surface area contributed by atoms with Gasteiger partial charge in [0.15, 0.2) is 5.11 Å². The lowest BCUT2D eigenvalue weighted by atomic mass is 10.0. The number of benzene rings is 1. The van der Waals surface area contributed by atoms with E-state index in [9.17, 15) is 9.59 Å². The number of piperidine rings is 1. The van der Waals surface area contributed by atoms with E-state index in [-0.39, 0.29) is 11.8 Å². The van der Waals surface area contributed by atoms with Gasteiger partial charge in [-0.15, -0.1) is 0 Å². The van der Waals surface area contributed by atoms with Crippen LogP contribution < -0.4 is 0 Å². The topological polar surface area (TPSA) is 48.8 Å². The van der Waals surface area contributed by atoms with E-state index in [0.717, 1.165) is 35.9 Å². The number of aromatic nitrogens is 1. The number of fused-ring (bicyclic) bond motifs is 1. The van der Waals surface area contributed by atoms with Crippen molar-refractivity contribution < 1.29 is 9.59 Å². The Morgan fingerprint density at radius 3 is 2.66 bits per heavy atom. The molecule has 29 heavy (non-hydrogen) atoms. The van der Waals surface area contributed by atoms with Crippen molar-refractivity contribution in [3.63, 3.8) is 0 Å².